The third-order valence-corrected chi connectivity index (χ3v) is 4.67. The molecule has 0 unspecified atom stereocenters. The van der Waals surface area contributed by atoms with Crippen LogP contribution in [-0.4, -0.2) is 30.2 Å². The Morgan fingerprint density at radius 3 is 2.62 bits per heavy atom. The Labute approximate surface area is 191 Å². The van der Waals surface area contributed by atoms with Crippen LogP contribution in [0.15, 0.2) is 48.6 Å². The van der Waals surface area contributed by atoms with Crippen molar-refractivity contribution in [2.45, 2.75) is 20.3 Å². The molecule has 166 valence electrons. The van der Waals surface area contributed by atoms with Crippen LogP contribution in [-0.2, 0) is 16.0 Å². The lowest BCUT2D eigenvalue weighted by molar-refractivity contribution is -0.139. The highest BCUT2D eigenvalue weighted by Crippen LogP contribution is 2.35. The summed E-state index contributed by atoms with van der Waals surface area (Å²) in [4.78, 5) is 23.6. The number of nitrogens with zero attached hydrogens (tertiary/aromatic N) is 1. The highest BCUT2D eigenvalue weighted by molar-refractivity contribution is 6.31. The van der Waals surface area contributed by atoms with Gasteiger partial charge in [0.15, 0.2) is 18.1 Å². The Morgan fingerprint density at radius 1 is 1.28 bits per heavy atom. The van der Waals surface area contributed by atoms with E-state index in [1.165, 1.54) is 6.08 Å². The predicted octanol–water partition coefficient (Wildman–Crippen LogP) is 4.78. The van der Waals surface area contributed by atoms with E-state index in [9.17, 15) is 14.9 Å². The molecule has 0 radical (unpaired) electrons. The van der Waals surface area contributed by atoms with Crippen molar-refractivity contribution in [1.82, 2.24) is 0 Å². The lowest BCUT2D eigenvalue weighted by Gasteiger charge is -2.16. The van der Waals surface area contributed by atoms with E-state index < -0.39 is 18.5 Å². The number of carbonyl (C=O) groups is 2. The molecule has 8 heteroatoms. The third kappa shape index (κ3) is 6.62. The number of anilines is 1. The van der Waals surface area contributed by atoms with Crippen molar-refractivity contribution in [2.24, 2.45) is 0 Å². The zero-order valence-corrected chi connectivity index (χ0v) is 18.5. The van der Waals surface area contributed by atoms with Crippen LogP contribution in [0, 0.1) is 18.3 Å². The van der Waals surface area contributed by atoms with Crippen LogP contribution in [0.1, 0.15) is 23.6 Å². The molecule has 2 N–H and O–H groups in total. The van der Waals surface area contributed by atoms with Crippen molar-refractivity contribution in [1.29, 1.82) is 5.26 Å². The van der Waals surface area contributed by atoms with Gasteiger partial charge in [-0.05, 0) is 61.7 Å². The molecule has 0 aliphatic heterocycles. The molecular formula is C24H23ClN2O5. The van der Waals surface area contributed by atoms with E-state index in [-0.39, 0.29) is 11.3 Å². The summed E-state index contributed by atoms with van der Waals surface area (Å²) in [5.41, 5.74) is 2.33. The summed E-state index contributed by atoms with van der Waals surface area (Å²) in [6, 6.07) is 10.2. The van der Waals surface area contributed by atoms with Gasteiger partial charge in [0, 0.05) is 16.3 Å². The van der Waals surface area contributed by atoms with Crippen molar-refractivity contribution in [3.05, 3.63) is 70.3 Å². The topological polar surface area (TPSA) is 109 Å². The molecule has 0 aromatic heterocycles. The van der Waals surface area contributed by atoms with E-state index >= 15 is 0 Å². The van der Waals surface area contributed by atoms with Gasteiger partial charge in [-0.2, -0.15) is 5.26 Å². The number of nitrogens with one attached hydrogen (secondary N) is 1. The molecule has 0 aliphatic carbocycles. The van der Waals surface area contributed by atoms with Crippen LogP contribution in [0.25, 0.3) is 6.08 Å². The number of aliphatic carboxylic acids is 1. The predicted molar refractivity (Wildman–Crippen MR) is 123 cm³/mol. The molecule has 0 spiro atoms. The maximum Gasteiger partial charge on any atom is 0.341 e. The number of amides is 1. The van der Waals surface area contributed by atoms with E-state index in [0.29, 0.717) is 40.6 Å². The van der Waals surface area contributed by atoms with Crippen LogP contribution in [0.5, 0.6) is 11.5 Å². The van der Waals surface area contributed by atoms with Gasteiger partial charge in [-0.25, -0.2) is 4.79 Å². The number of ether oxygens (including phenoxy) is 2. The van der Waals surface area contributed by atoms with Gasteiger partial charge in [0.05, 0.1) is 6.61 Å². The highest BCUT2D eigenvalue weighted by Gasteiger charge is 2.16. The number of rotatable bonds is 10. The smallest absolute Gasteiger partial charge is 0.341 e. The van der Waals surface area contributed by atoms with Crippen LogP contribution in [0.3, 0.4) is 0 Å². The first-order valence-corrected chi connectivity index (χ1v) is 10.1. The Morgan fingerprint density at radius 2 is 2.03 bits per heavy atom. The molecule has 2 aromatic carbocycles. The van der Waals surface area contributed by atoms with E-state index in [2.05, 4.69) is 11.9 Å². The molecule has 0 fully saturated rings. The van der Waals surface area contributed by atoms with Gasteiger partial charge in [0.2, 0.25) is 0 Å². The molecule has 0 atom stereocenters. The normalized spacial score (nSPS) is 10.8. The molecule has 32 heavy (non-hydrogen) atoms. The van der Waals surface area contributed by atoms with Crippen molar-refractivity contribution in [3.63, 3.8) is 0 Å². The fraction of sp³-hybridized carbons (Fsp3) is 0.208. The summed E-state index contributed by atoms with van der Waals surface area (Å²) in [6.45, 7) is 7.10. The van der Waals surface area contributed by atoms with Gasteiger partial charge in [-0.15, -0.1) is 6.58 Å². The quantitative estimate of drug-likeness (QED) is 0.303. The number of carbonyl (C=O) groups excluding carboxylic acids is 1. The molecule has 7 nitrogen and oxygen atoms in total. The van der Waals surface area contributed by atoms with E-state index in [4.69, 9.17) is 26.2 Å². The first-order chi connectivity index (χ1) is 15.3. The Hall–Kier alpha value is -3.76. The second-order valence-electron chi connectivity index (χ2n) is 6.70. The highest BCUT2D eigenvalue weighted by atomic mass is 35.5. The van der Waals surface area contributed by atoms with E-state index in [1.807, 2.05) is 13.0 Å². The molecule has 0 saturated carbocycles. The Kier molecular flexibility index (Phi) is 8.87. The van der Waals surface area contributed by atoms with Crippen molar-refractivity contribution in [2.75, 3.05) is 18.5 Å². The molecule has 2 aromatic rings. The molecule has 1 amide bonds. The minimum Gasteiger partial charge on any atom is -0.490 e. The number of allylic oxidation sites excluding steroid dienone is 1. The summed E-state index contributed by atoms with van der Waals surface area (Å²) in [5, 5.41) is 21.6. The van der Waals surface area contributed by atoms with E-state index in [1.54, 1.807) is 43.3 Å². The minimum absolute atomic E-state index is 0.132. The fourth-order valence-corrected chi connectivity index (χ4v) is 3.00. The zero-order valence-electron chi connectivity index (χ0n) is 17.8. The molecular weight excluding hydrogens is 432 g/mol. The third-order valence-electron chi connectivity index (χ3n) is 4.26. The van der Waals surface area contributed by atoms with Gasteiger partial charge in [-0.3, -0.25) is 4.79 Å². The molecule has 0 bridgehead atoms. The molecule has 2 rings (SSSR count). The zero-order chi connectivity index (χ0) is 23.7. The van der Waals surface area contributed by atoms with Gasteiger partial charge >= 0.3 is 5.97 Å². The van der Waals surface area contributed by atoms with Gasteiger partial charge in [0.1, 0.15) is 11.6 Å². The number of hydrogen-bond donors (Lipinski definition) is 2. The van der Waals surface area contributed by atoms with Crippen molar-refractivity contribution in [3.8, 4) is 17.6 Å². The fourth-order valence-electron chi connectivity index (χ4n) is 2.82. The average Bonchev–Trinajstić information content (AvgIpc) is 2.74. The molecule has 0 aliphatic rings. The number of aryl methyl sites for hydroxylation is 1. The summed E-state index contributed by atoms with van der Waals surface area (Å²) in [6.07, 6.45) is 3.42. The Balaban J connectivity index is 2.42. The number of carboxylic acids is 1. The summed E-state index contributed by atoms with van der Waals surface area (Å²) in [5.74, 6) is -1.13. The minimum atomic E-state index is -1.12. The number of hydrogen-bond acceptors (Lipinski definition) is 5. The Bertz CT molecular complexity index is 1100. The maximum atomic E-state index is 12.6. The first-order valence-electron chi connectivity index (χ1n) is 9.73. The summed E-state index contributed by atoms with van der Waals surface area (Å²) >= 11 is 6.09. The number of halogens is 1. The SMILES string of the molecule is C=CCc1cc(/C=C(/C#N)C(=O)Nc2ccc(C)c(Cl)c2)cc(OCC)c1OCC(=O)O. The number of nitriles is 1. The van der Waals surface area contributed by atoms with Gasteiger partial charge in [0.25, 0.3) is 5.91 Å². The second-order valence-corrected chi connectivity index (χ2v) is 7.11. The summed E-state index contributed by atoms with van der Waals surface area (Å²) < 4.78 is 11.0. The second kappa shape index (κ2) is 11.6. The number of benzene rings is 2. The largest absolute Gasteiger partial charge is 0.490 e. The van der Waals surface area contributed by atoms with Gasteiger partial charge in [-0.1, -0.05) is 23.7 Å². The van der Waals surface area contributed by atoms with Crippen molar-refractivity contribution < 1.29 is 24.2 Å². The van der Waals surface area contributed by atoms with Crippen LogP contribution < -0.4 is 14.8 Å². The van der Waals surface area contributed by atoms with Crippen LogP contribution >= 0.6 is 11.6 Å². The average molecular weight is 455 g/mol. The lowest BCUT2D eigenvalue weighted by atomic mass is 10.0. The standard InChI is InChI=1S/C24H23ClN2O5/c1-4-6-17-9-16(11-21(31-5-2)23(17)32-14-22(28)29)10-18(13-26)24(30)27-19-8-7-15(3)20(25)12-19/h4,7-12H,1,5-6,14H2,2-3H3,(H,27,30)(H,28,29)/b18-10-. The van der Waals surface area contributed by atoms with Crippen molar-refractivity contribution >= 4 is 35.2 Å². The molecule has 0 heterocycles. The van der Waals surface area contributed by atoms with Crippen LogP contribution in [0.2, 0.25) is 5.02 Å². The van der Waals surface area contributed by atoms with Gasteiger partial charge < -0.3 is 19.9 Å². The van der Waals surface area contributed by atoms with E-state index in [0.717, 1.165) is 5.56 Å². The molecule has 0 saturated heterocycles. The summed E-state index contributed by atoms with van der Waals surface area (Å²) in [7, 11) is 0. The lowest BCUT2D eigenvalue weighted by Crippen LogP contribution is -2.13. The monoisotopic (exact) mass is 454 g/mol. The first kappa shape index (κ1) is 24.5. The van der Waals surface area contributed by atoms with Crippen LogP contribution in [0.4, 0.5) is 5.69 Å². The number of carboxylic acid groups (broad SMARTS) is 1. The maximum absolute atomic E-state index is 12.6.